The summed E-state index contributed by atoms with van der Waals surface area (Å²) in [5, 5.41) is 4.70. The summed E-state index contributed by atoms with van der Waals surface area (Å²) in [5.74, 6) is 0. The predicted molar refractivity (Wildman–Crippen MR) is 398 cm³/mol. The SMILES string of the molecule is Cc1ccc2ncccc2c1.Cc1ccc2ncccc2n1.Cc1ccc2nccnc2c1.Cc1ccc2nccnc2n1.Cc1ccc2ncncc2c1.Cc1ccc2ncncc2n1.Cc1ccnc2ccccc12.Cc1ccnc2cccnc12.Cc1ncnc2ccccc12. The third-order valence-corrected chi connectivity index (χ3v) is 14.9. The van der Waals surface area contributed by atoms with Crippen LogP contribution in [0.1, 0.15) is 50.6 Å². The van der Waals surface area contributed by atoms with Crippen molar-refractivity contribution in [1.82, 2.24) is 89.7 Å². The largest absolute Gasteiger partial charge is 0.256 e. The van der Waals surface area contributed by atoms with Crippen molar-refractivity contribution in [1.29, 1.82) is 0 Å². The topological polar surface area (TPSA) is 232 Å². The second-order valence-electron chi connectivity index (χ2n) is 22.7. The minimum atomic E-state index is 0.715. The molecule has 0 radical (unpaired) electrons. The molecule has 13 heterocycles. The average molecular weight is 1300 g/mol. The van der Waals surface area contributed by atoms with Gasteiger partial charge in [0.05, 0.1) is 66.9 Å². The van der Waals surface area contributed by atoms with E-state index in [1.807, 2.05) is 212 Å². The summed E-state index contributed by atoms with van der Waals surface area (Å²) in [4.78, 5) is 74.5. The maximum atomic E-state index is 4.31. The number of hydrogen-bond acceptors (Lipinski definition) is 18. The Bertz CT molecular complexity index is 4820. The van der Waals surface area contributed by atoms with E-state index in [4.69, 9.17) is 0 Å². The molecule has 0 atom stereocenters. The van der Waals surface area contributed by atoms with Crippen molar-refractivity contribution < 1.29 is 0 Å². The first kappa shape index (κ1) is 68.9. The molecule has 486 valence electrons. The second-order valence-corrected chi connectivity index (χ2v) is 22.7. The van der Waals surface area contributed by atoms with Gasteiger partial charge in [-0.15, -0.1) is 0 Å². The van der Waals surface area contributed by atoms with Crippen molar-refractivity contribution in [3.8, 4) is 0 Å². The molecule has 0 aliphatic heterocycles. The van der Waals surface area contributed by atoms with Gasteiger partial charge < -0.3 is 0 Å². The highest BCUT2D eigenvalue weighted by Gasteiger charge is 2.01. The second kappa shape index (κ2) is 35.0. The van der Waals surface area contributed by atoms with Crippen LogP contribution in [0.3, 0.4) is 0 Å². The zero-order valence-electron chi connectivity index (χ0n) is 56.5. The van der Waals surface area contributed by atoms with E-state index in [0.29, 0.717) is 5.65 Å². The highest BCUT2D eigenvalue weighted by molar-refractivity contribution is 5.83. The van der Waals surface area contributed by atoms with Gasteiger partial charge in [-0.2, -0.15) is 0 Å². The fraction of sp³-hybridized carbons (Fsp3) is 0.111. The van der Waals surface area contributed by atoms with Gasteiger partial charge in [-0.05, 0) is 206 Å². The maximum Gasteiger partial charge on any atom is 0.178 e. The Labute approximate surface area is 573 Å². The molecule has 0 saturated heterocycles. The maximum absolute atomic E-state index is 4.31. The van der Waals surface area contributed by atoms with E-state index in [9.17, 15) is 0 Å². The number of hydrogen-bond donors (Lipinski definition) is 0. The summed E-state index contributed by atoms with van der Waals surface area (Å²) in [6.45, 7) is 18.2. The summed E-state index contributed by atoms with van der Waals surface area (Å²) in [6, 6.07) is 62.1. The van der Waals surface area contributed by atoms with Crippen LogP contribution in [0.5, 0.6) is 0 Å². The number of fused-ring (bicyclic) bond motifs is 9. The lowest BCUT2D eigenvalue weighted by molar-refractivity contribution is 1.15. The molecule has 99 heavy (non-hydrogen) atoms. The number of aryl methyl sites for hydroxylation is 9. The van der Waals surface area contributed by atoms with Crippen LogP contribution in [-0.4, -0.2) is 89.7 Å². The fourth-order valence-corrected chi connectivity index (χ4v) is 9.84. The van der Waals surface area contributed by atoms with Gasteiger partial charge in [-0.3, -0.25) is 44.9 Å². The Morgan fingerprint density at radius 2 is 0.687 bits per heavy atom. The summed E-state index contributed by atoms with van der Waals surface area (Å²) >= 11 is 0. The van der Waals surface area contributed by atoms with Crippen molar-refractivity contribution in [2.45, 2.75) is 62.3 Å². The first-order valence-corrected chi connectivity index (χ1v) is 31.8. The number of rotatable bonds is 0. The van der Waals surface area contributed by atoms with Crippen molar-refractivity contribution in [2.24, 2.45) is 0 Å². The summed E-state index contributed by atoms with van der Waals surface area (Å²) < 4.78 is 0. The number of aromatic nitrogens is 18. The number of pyridine rings is 8. The molecular weight excluding hydrogens is 1230 g/mol. The standard InChI is InChI=1S/2C10H9N.5C9H8N2.2C8H7N3/c1-8-4-5-10-9(7-8)3-2-6-11-10;1-8-6-7-11-10-5-3-2-4-9(8)10;1-7-2-3-9-8(4-7)5-10-6-11-9;1-7-2-3-8-9(6-7)11-5-4-10-8;1-7-4-5-8-9(11-7)3-2-6-10-8;1-7-4-6-10-8-3-2-5-11-9(7)8;1-7-8-4-2-3-5-9(8)11-6-10-7;1-6-2-3-7-8(11-6)4-9-5-10-7;1-6-2-3-7-8(11-6)10-5-4-9-7/h2*2-7H,1H3;5*2-6H,1H3;2*2-5H,1H3. The van der Waals surface area contributed by atoms with Crippen LogP contribution in [0.2, 0.25) is 0 Å². The smallest absolute Gasteiger partial charge is 0.178 e. The van der Waals surface area contributed by atoms with Gasteiger partial charge in [0, 0.05) is 106 Å². The van der Waals surface area contributed by atoms with Crippen molar-refractivity contribution in [2.75, 3.05) is 0 Å². The summed E-state index contributed by atoms with van der Waals surface area (Å²) in [5.41, 5.74) is 23.5. The Morgan fingerprint density at radius 1 is 0.232 bits per heavy atom. The van der Waals surface area contributed by atoms with Gasteiger partial charge in [-0.1, -0.05) is 71.8 Å². The number of benzene rings is 5. The van der Waals surface area contributed by atoms with Crippen LogP contribution in [0, 0.1) is 62.3 Å². The molecule has 0 aliphatic rings. The van der Waals surface area contributed by atoms with Gasteiger partial charge in [0.15, 0.2) is 5.65 Å². The first-order chi connectivity index (χ1) is 48.3. The minimum absolute atomic E-state index is 0.715. The summed E-state index contributed by atoms with van der Waals surface area (Å²) in [6.07, 6.45) is 24.0. The molecule has 0 unspecified atom stereocenters. The van der Waals surface area contributed by atoms with Crippen LogP contribution in [-0.2, 0) is 0 Å². The van der Waals surface area contributed by atoms with Crippen LogP contribution in [0.4, 0.5) is 0 Å². The molecule has 13 aromatic heterocycles. The Hall–Kier alpha value is -13.0. The van der Waals surface area contributed by atoms with Crippen LogP contribution < -0.4 is 0 Å². The van der Waals surface area contributed by atoms with E-state index in [-0.39, 0.29) is 0 Å². The molecule has 0 spiro atoms. The van der Waals surface area contributed by atoms with Gasteiger partial charge in [0.2, 0.25) is 0 Å². The molecule has 18 nitrogen and oxygen atoms in total. The van der Waals surface area contributed by atoms with Crippen LogP contribution >= 0.6 is 0 Å². The van der Waals surface area contributed by atoms with E-state index >= 15 is 0 Å². The molecule has 0 saturated carbocycles. The van der Waals surface area contributed by atoms with E-state index < -0.39 is 0 Å². The lowest BCUT2D eigenvalue weighted by Gasteiger charge is -1.97. The van der Waals surface area contributed by atoms with E-state index in [0.717, 1.165) is 105 Å². The highest BCUT2D eigenvalue weighted by atomic mass is 14.9. The molecule has 0 fully saturated rings. The van der Waals surface area contributed by atoms with Crippen molar-refractivity contribution in [3.63, 3.8) is 0 Å². The van der Waals surface area contributed by atoms with Crippen LogP contribution in [0.25, 0.3) is 98.9 Å². The molecule has 18 rings (SSSR count). The Balaban J connectivity index is 0.000000120. The Morgan fingerprint density at radius 3 is 1.39 bits per heavy atom. The average Bonchev–Trinajstić information content (AvgIpc) is 1.46. The molecule has 0 amide bonds. The predicted octanol–water partition coefficient (Wildman–Crippen LogP) is 17.4. The minimum Gasteiger partial charge on any atom is -0.256 e. The first-order valence-electron chi connectivity index (χ1n) is 31.8. The van der Waals surface area contributed by atoms with Gasteiger partial charge in [0.1, 0.15) is 30.0 Å². The lowest BCUT2D eigenvalue weighted by atomic mass is 10.1. The van der Waals surface area contributed by atoms with Gasteiger partial charge >= 0.3 is 0 Å². The van der Waals surface area contributed by atoms with Crippen molar-refractivity contribution in [3.05, 3.63) is 326 Å². The molecule has 0 aliphatic carbocycles. The zero-order chi connectivity index (χ0) is 69.1. The fourth-order valence-electron chi connectivity index (χ4n) is 9.84. The van der Waals surface area contributed by atoms with Crippen molar-refractivity contribution >= 4 is 98.9 Å². The molecule has 0 N–H and O–H groups in total. The monoisotopic (exact) mass is 1300 g/mol. The third kappa shape index (κ3) is 20.3. The molecule has 18 aromatic rings. The molecular formula is C81H72N18. The normalized spacial score (nSPS) is 10.3. The van der Waals surface area contributed by atoms with Gasteiger partial charge in [0.25, 0.3) is 0 Å². The molecule has 18 heteroatoms. The molecule has 0 bridgehead atoms. The summed E-state index contributed by atoms with van der Waals surface area (Å²) in [7, 11) is 0. The highest BCUT2D eigenvalue weighted by Crippen LogP contribution is 2.18. The third-order valence-electron chi connectivity index (χ3n) is 14.9. The van der Waals surface area contributed by atoms with E-state index in [1.54, 1.807) is 62.2 Å². The Kier molecular flexibility index (Phi) is 24.3. The number of nitrogens with zero attached hydrogens (tertiary/aromatic N) is 18. The quantitative estimate of drug-likeness (QED) is 0.137. The van der Waals surface area contributed by atoms with Crippen LogP contribution in [0.15, 0.2) is 275 Å². The lowest BCUT2D eigenvalue weighted by Crippen LogP contribution is -1.87. The van der Waals surface area contributed by atoms with E-state index in [2.05, 4.69) is 147 Å². The molecule has 5 aromatic carbocycles. The van der Waals surface area contributed by atoms with E-state index in [1.165, 1.54) is 44.9 Å². The zero-order valence-corrected chi connectivity index (χ0v) is 56.5. The van der Waals surface area contributed by atoms with Gasteiger partial charge in [-0.25, -0.2) is 44.9 Å². The number of para-hydroxylation sites is 2.